The Bertz CT molecular complexity index is 2570. The zero-order valence-corrected chi connectivity index (χ0v) is 29.2. The molecule has 0 bridgehead atoms. The molecule has 0 radical (unpaired) electrons. The summed E-state index contributed by atoms with van der Waals surface area (Å²) < 4.78 is 21.3. The standard InChI is InChI=1S/C23H21N3O3.C16H13BrN2O2/c1-15-10-18(14-24(2)22(15)27)17-11-19-21-20(12-17)29-9-8-25(21)23(28)26(19)13-16-6-4-3-5-7-16;17-12-8-13-15-14(9-12)21-7-6-18(15)16(20)19(13)10-11-4-2-1-3-5-11/h3-7,10-12,14H,8-9,13H2,1-2H3;1-5,8-9H,6-7,10H2. The molecule has 11 heteroatoms. The lowest BCUT2D eigenvalue weighted by molar-refractivity contribution is 0.284. The summed E-state index contributed by atoms with van der Waals surface area (Å²) >= 11 is 3.50. The highest BCUT2D eigenvalue weighted by atomic mass is 79.9. The first-order chi connectivity index (χ1) is 24.3. The van der Waals surface area contributed by atoms with E-state index in [9.17, 15) is 14.4 Å². The van der Waals surface area contributed by atoms with E-state index in [2.05, 4.69) is 15.9 Å². The minimum absolute atomic E-state index is 0.0143. The number of pyridine rings is 1. The van der Waals surface area contributed by atoms with Crippen LogP contribution in [0.2, 0.25) is 0 Å². The number of nitrogens with zero attached hydrogens (tertiary/aromatic N) is 5. The summed E-state index contributed by atoms with van der Waals surface area (Å²) in [5.41, 5.74) is 8.17. The van der Waals surface area contributed by atoms with Crippen LogP contribution in [-0.2, 0) is 33.2 Å². The minimum Gasteiger partial charge on any atom is -0.489 e. The average molecular weight is 733 g/mol. The molecule has 0 unspecified atom stereocenters. The second-order valence-corrected chi connectivity index (χ2v) is 13.6. The fourth-order valence-electron chi connectivity index (χ4n) is 6.97. The van der Waals surface area contributed by atoms with Gasteiger partial charge in [0.25, 0.3) is 5.56 Å². The quantitative estimate of drug-likeness (QED) is 0.219. The number of ether oxygens (including phenoxy) is 2. The predicted molar refractivity (Wildman–Crippen MR) is 198 cm³/mol. The van der Waals surface area contributed by atoms with Crippen LogP contribution in [0.25, 0.3) is 33.2 Å². The molecule has 50 heavy (non-hydrogen) atoms. The molecule has 252 valence electrons. The van der Waals surface area contributed by atoms with Crippen molar-refractivity contribution in [3.63, 3.8) is 0 Å². The minimum atomic E-state index is -0.0257. The van der Waals surface area contributed by atoms with Crippen LogP contribution in [0.1, 0.15) is 16.7 Å². The molecule has 0 N–H and O–H groups in total. The molecule has 5 heterocycles. The van der Waals surface area contributed by atoms with Crippen LogP contribution in [-0.4, -0.2) is 36.0 Å². The summed E-state index contributed by atoms with van der Waals surface area (Å²) in [6, 6.07) is 29.8. The van der Waals surface area contributed by atoms with Gasteiger partial charge in [-0.1, -0.05) is 76.6 Å². The van der Waals surface area contributed by atoms with Crippen molar-refractivity contribution < 1.29 is 9.47 Å². The molecule has 2 aliphatic heterocycles. The summed E-state index contributed by atoms with van der Waals surface area (Å²) in [7, 11) is 1.75. The second-order valence-electron chi connectivity index (χ2n) is 12.7. The van der Waals surface area contributed by atoms with Crippen molar-refractivity contribution in [3.05, 3.63) is 150 Å². The molecule has 0 saturated heterocycles. The maximum atomic E-state index is 13.1. The third-order valence-corrected chi connectivity index (χ3v) is 9.79. The monoisotopic (exact) mass is 731 g/mol. The molecule has 0 spiro atoms. The molecule has 4 aromatic carbocycles. The highest BCUT2D eigenvalue weighted by Crippen LogP contribution is 2.35. The lowest BCUT2D eigenvalue weighted by Gasteiger charge is -2.17. The molecular formula is C39H34BrN5O5. The van der Waals surface area contributed by atoms with E-state index in [0.717, 1.165) is 54.5 Å². The van der Waals surface area contributed by atoms with E-state index in [1.807, 2.05) is 113 Å². The number of aromatic nitrogens is 5. The van der Waals surface area contributed by atoms with Gasteiger partial charge in [-0.2, -0.15) is 0 Å². The Labute approximate surface area is 295 Å². The Morgan fingerprint density at radius 2 is 1.18 bits per heavy atom. The van der Waals surface area contributed by atoms with Gasteiger partial charge < -0.3 is 14.0 Å². The first kappa shape index (κ1) is 31.7. The molecule has 0 atom stereocenters. The molecular weight excluding hydrogens is 698 g/mol. The van der Waals surface area contributed by atoms with E-state index in [-0.39, 0.29) is 16.9 Å². The van der Waals surface area contributed by atoms with Gasteiger partial charge in [0.1, 0.15) is 35.7 Å². The van der Waals surface area contributed by atoms with E-state index in [0.29, 0.717) is 50.7 Å². The zero-order valence-electron chi connectivity index (χ0n) is 27.6. The van der Waals surface area contributed by atoms with E-state index in [4.69, 9.17) is 9.47 Å². The molecule has 0 fully saturated rings. The number of halogens is 1. The van der Waals surface area contributed by atoms with Gasteiger partial charge in [-0.3, -0.25) is 23.1 Å². The van der Waals surface area contributed by atoms with Crippen LogP contribution in [0.3, 0.4) is 0 Å². The van der Waals surface area contributed by atoms with E-state index in [1.54, 1.807) is 20.7 Å². The molecule has 9 rings (SSSR count). The van der Waals surface area contributed by atoms with Crippen molar-refractivity contribution in [1.29, 1.82) is 0 Å². The van der Waals surface area contributed by atoms with Gasteiger partial charge in [0, 0.05) is 23.3 Å². The van der Waals surface area contributed by atoms with Gasteiger partial charge in [0.05, 0.1) is 37.2 Å². The lowest BCUT2D eigenvalue weighted by Crippen LogP contribution is -2.28. The van der Waals surface area contributed by atoms with Crippen LogP contribution < -0.4 is 26.4 Å². The summed E-state index contributed by atoms with van der Waals surface area (Å²) in [5.74, 6) is 1.48. The number of hydrogen-bond acceptors (Lipinski definition) is 5. The van der Waals surface area contributed by atoms with E-state index in [1.165, 1.54) is 0 Å². The van der Waals surface area contributed by atoms with Crippen molar-refractivity contribution >= 4 is 38.0 Å². The van der Waals surface area contributed by atoms with Crippen molar-refractivity contribution in [3.8, 4) is 22.6 Å². The number of benzene rings is 4. The van der Waals surface area contributed by atoms with Gasteiger partial charge in [0.2, 0.25) is 0 Å². The van der Waals surface area contributed by atoms with Gasteiger partial charge in [0.15, 0.2) is 0 Å². The smallest absolute Gasteiger partial charge is 0.329 e. The van der Waals surface area contributed by atoms with E-state index < -0.39 is 0 Å². The molecule has 7 aromatic rings. The lowest BCUT2D eigenvalue weighted by atomic mass is 10.0. The number of rotatable bonds is 5. The molecule has 0 saturated carbocycles. The summed E-state index contributed by atoms with van der Waals surface area (Å²) in [5, 5.41) is 0. The Kier molecular flexibility index (Phi) is 8.07. The largest absolute Gasteiger partial charge is 0.489 e. The molecule has 3 aromatic heterocycles. The Balaban J connectivity index is 0.000000152. The molecule has 2 aliphatic rings. The third-order valence-electron chi connectivity index (χ3n) is 9.33. The van der Waals surface area contributed by atoms with Gasteiger partial charge >= 0.3 is 11.4 Å². The number of hydrogen-bond donors (Lipinski definition) is 0. The Hall–Kier alpha value is -5.55. The predicted octanol–water partition coefficient (Wildman–Crippen LogP) is 5.92. The molecule has 10 nitrogen and oxygen atoms in total. The van der Waals surface area contributed by atoms with Crippen molar-refractivity contribution in [2.75, 3.05) is 13.2 Å². The van der Waals surface area contributed by atoms with Crippen LogP contribution >= 0.6 is 15.9 Å². The SMILES string of the molecule is Cc1cc(-c2cc3c4c(c2)n(Cc2ccccc2)c(=O)n4CCO3)cn(C)c1=O.O=c1n(Cc2ccccc2)c2cc(Br)cc3c2n1CCO3. The fourth-order valence-corrected chi connectivity index (χ4v) is 7.39. The first-order valence-corrected chi connectivity index (χ1v) is 17.3. The summed E-state index contributed by atoms with van der Waals surface area (Å²) in [4.78, 5) is 37.9. The Morgan fingerprint density at radius 3 is 1.72 bits per heavy atom. The van der Waals surface area contributed by atoms with Crippen LogP contribution in [0, 0.1) is 6.92 Å². The topological polar surface area (TPSA) is 94.3 Å². The van der Waals surface area contributed by atoms with Crippen LogP contribution in [0.5, 0.6) is 11.5 Å². The summed E-state index contributed by atoms with van der Waals surface area (Å²) in [6.07, 6.45) is 1.82. The van der Waals surface area contributed by atoms with Crippen molar-refractivity contribution in [2.45, 2.75) is 33.1 Å². The normalized spacial score (nSPS) is 13.1. The van der Waals surface area contributed by atoms with Gasteiger partial charge in [-0.05, 0) is 59.5 Å². The maximum absolute atomic E-state index is 13.1. The van der Waals surface area contributed by atoms with Crippen molar-refractivity contribution in [1.82, 2.24) is 22.8 Å². The summed E-state index contributed by atoms with van der Waals surface area (Å²) in [6.45, 7) is 5.03. The Morgan fingerprint density at radius 1 is 0.660 bits per heavy atom. The second kappa shape index (κ2) is 12.7. The van der Waals surface area contributed by atoms with Crippen LogP contribution in [0.4, 0.5) is 0 Å². The number of imidazole rings is 2. The molecule has 0 amide bonds. The average Bonchev–Trinajstić information content (AvgIpc) is 3.55. The maximum Gasteiger partial charge on any atom is 0.329 e. The number of aryl methyl sites for hydroxylation is 2. The zero-order chi connectivity index (χ0) is 34.5. The first-order valence-electron chi connectivity index (χ1n) is 16.5. The van der Waals surface area contributed by atoms with E-state index >= 15 is 0 Å². The van der Waals surface area contributed by atoms with Gasteiger partial charge in [-0.15, -0.1) is 0 Å². The highest BCUT2D eigenvalue weighted by Gasteiger charge is 2.23. The third kappa shape index (κ3) is 5.57. The van der Waals surface area contributed by atoms with Gasteiger partial charge in [-0.25, -0.2) is 9.59 Å². The fraction of sp³-hybridized carbons (Fsp3) is 0.205. The highest BCUT2D eigenvalue weighted by molar-refractivity contribution is 9.10. The van der Waals surface area contributed by atoms with Crippen molar-refractivity contribution in [2.24, 2.45) is 7.05 Å². The molecule has 0 aliphatic carbocycles. The van der Waals surface area contributed by atoms with Crippen LogP contribution in [0.15, 0.2) is 116 Å².